The van der Waals surface area contributed by atoms with Crippen LogP contribution in [0.3, 0.4) is 0 Å². The second kappa shape index (κ2) is 5.04. The van der Waals surface area contributed by atoms with Crippen LogP contribution in [0.4, 0.5) is 0 Å². The fraction of sp³-hybridized carbons (Fsp3) is 0.810. The normalized spacial score (nSPS) is 49.3. The van der Waals surface area contributed by atoms with E-state index in [2.05, 4.69) is 20.8 Å². The topological polar surface area (TPSA) is 34.1 Å². The van der Waals surface area contributed by atoms with Gasteiger partial charge in [-0.05, 0) is 67.3 Å². The summed E-state index contributed by atoms with van der Waals surface area (Å²) < 4.78 is 0. The van der Waals surface area contributed by atoms with Gasteiger partial charge in [0.05, 0.1) is 0 Å². The Bertz CT molecular complexity index is 589. The lowest BCUT2D eigenvalue weighted by atomic mass is 9.46. The van der Waals surface area contributed by atoms with Crippen LogP contribution in [0.25, 0.3) is 0 Å². The van der Waals surface area contributed by atoms with Crippen molar-refractivity contribution in [1.82, 2.24) is 0 Å². The van der Waals surface area contributed by atoms with Crippen LogP contribution in [0.15, 0.2) is 11.6 Å². The quantitative estimate of drug-likeness (QED) is 0.701. The fourth-order valence-electron chi connectivity index (χ4n) is 7.00. The highest BCUT2D eigenvalue weighted by atomic mass is 16.1. The summed E-state index contributed by atoms with van der Waals surface area (Å²) in [5, 5.41) is 0. The van der Waals surface area contributed by atoms with Crippen LogP contribution in [0.1, 0.15) is 72.1 Å². The summed E-state index contributed by atoms with van der Waals surface area (Å²) in [5.74, 6) is 3.45. The fourth-order valence-corrected chi connectivity index (χ4v) is 7.00. The molecule has 2 heteroatoms. The molecule has 0 spiro atoms. The van der Waals surface area contributed by atoms with Gasteiger partial charge in [0, 0.05) is 18.3 Å². The molecule has 126 valence electrons. The van der Waals surface area contributed by atoms with Gasteiger partial charge in [0.15, 0.2) is 5.78 Å². The van der Waals surface area contributed by atoms with Crippen LogP contribution in [-0.2, 0) is 9.59 Å². The van der Waals surface area contributed by atoms with E-state index in [4.69, 9.17) is 0 Å². The summed E-state index contributed by atoms with van der Waals surface area (Å²) in [6, 6.07) is 0. The molecule has 0 aromatic rings. The molecule has 0 aromatic carbocycles. The number of allylic oxidation sites excluding steroid dienone is 1. The van der Waals surface area contributed by atoms with Gasteiger partial charge in [0.1, 0.15) is 5.78 Å². The van der Waals surface area contributed by atoms with Crippen LogP contribution < -0.4 is 0 Å². The minimum atomic E-state index is -0.0517. The number of Topliss-reactive ketones (excluding diaryl/α,β-unsaturated/α-hetero) is 1. The molecule has 0 heterocycles. The number of ketones is 2. The van der Waals surface area contributed by atoms with Crippen molar-refractivity contribution in [2.75, 3.05) is 0 Å². The molecule has 0 radical (unpaired) electrons. The number of hydrogen-bond donors (Lipinski definition) is 0. The average Bonchev–Trinajstić information content (AvgIpc) is 2.79. The second-order valence-electron chi connectivity index (χ2n) is 9.14. The highest BCUT2D eigenvalue weighted by Gasteiger charge is 2.61. The minimum Gasteiger partial charge on any atom is -0.299 e. The molecule has 6 unspecified atom stereocenters. The van der Waals surface area contributed by atoms with Crippen LogP contribution >= 0.6 is 0 Å². The summed E-state index contributed by atoms with van der Waals surface area (Å²) in [6.07, 6.45) is 10.2. The molecule has 0 amide bonds. The first-order valence-electron chi connectivity index (χ1n) is 9.67. The van der Waals surface area contributed by atoms with E-state index in [1.165, 1.54) is 18.4 Å². The summed E-state index contributed by atoms with van der Waals surface area (Å²) in [7, 11) is 0. The molecule has 0 aromatic heterocycles. The van der Waals surface area contributed by atoms with Gasteiger partial charge in [0.2, 0.25) is 0 Å². The summed E-state index contributed by atoms with van der Waals surface area (Å²) in [6.45, 7) is 6.95. The lowest BCUT2D eigenvalue weighted by molar-refractivity contribution is -0.133. The SMILES string of the molecule is CCC1CC(=O)C2(C)CCC3C(CCC4=CC(=O)CCC43C)C12. The Balaban J connectivity index is 1.72. The predicted octanol–water partition coefficient (Wildman–Crippen LogP) is 4.72. The lowest BCUT2D eigenvalue weighted by Crippen LogP contribution is -2.51. The van der Waals surface area contributed by atoms with Gasteiger partial charge < -0.3 is 0 Å². The first-order valence-corrected chi connectivity index (χ1v) is 9.67. The van der Waals surface area contributed by atoms with Crippen LogP contribution in [0.5, 0.6) is 0 Å². The molecule has 6 atom stereocenters. The zero-order chi connectivity index (χ0) is 16.4. The molecular weight excluding hydrogens is 284 g/mol. The van der Waals surface area contributed by atoms with E-state index in [1.807, 2.05) is 6.08 Å². The van der Waals surface area contributed by atoms with Crippen molar-refractivity contribution < 1.29 is 9.59 Å². The monoisotopic (exact) mass is 314 g/mol. The number of rotatable bonds is 1. The molecule has 3 saturated carbocycles. The maximum atomic E-state index is 12.7. The van der Waals surface area contributed by atoms with Gasteiger partial charge >= 0.3 is 0 Å². The molecule has 2 nitrogen and oxygen atoms in total. The summed E-state index contributed by atoms with van der Waals surface area (Å²) in [4.78, 5) is 24.6. The zero-order valence-electron chi connectivity index (χ0n) is 14.9. The van der Waals surface area contributed by atoms with E-state index in [-0.39, 0.29) is 10.8 Å². The Morgan fingerprint density at radius 2 is 1.87 bits per heavy atom. The van der Waals surface area contributed by atoms with Gasteiger partial charge in [-0.3, -0.25) is 9.59 Å². The Labute approximate surface area is 140 Å². The Hall–Kier alpha value is -0.920. The molecular formula is C21H30O2. The Morgan fingerprint density at radius 3 is 2.61 bits per heavy atom. The van der Waals surface area contributed by atoms with Crippen LogP contribution in [0, 0.1) is 34.5 Å². The van der Waals surface area contributed by atoms with Crippen LogP contribution in [0.2, 0.25) is 0 Å². The number of carbonyl (C=O) groups is 2. The Kier molecular flexibility index (Phi) is 3.42. The molecule has 3 fully saturated rings. The first-order chi connectivity index (χ1) is 10.9. The van der Waals surface area contributed by atoms with E-state index < -0.39 is 0 Å². The van der Waals surface area contributed by atoms with Crippen molar-refractivity contribution in [3.63, 3.8) is 0 Å². The van der Waals surface area contributed by atoms with E-state index in [1.54, 1.807) is 0 Å². The molecule has 0 bridgehead atoms. The van der Waals surface area contributed by atoms with E-state index in [9.17, 15) is 9.59 Å². The third-order valence-corrected chi connectivity index (χ3v) is 8.33. The summed E-state index contributed by atoms with van der Waals surface area (Å²) >= 11 is 0. The second-order valence-corrected chi connectivity index (χ2v) is 9.14. The molecule has 0 saturated heterocycles. The van der Waals surface area contributed by atoms with Crippen molar-refractivity contribution in [3.05, 3.63) is 11.6 Å². The highest BCUT2D eigenvalue weighted by Crippen LogP contribution is 2.65. The lowest BCUT2D eigenvalue weighted by Gasteiger charge is -2.57. The third-order valence-electron chi connectivity index (χ3n) is 8.33. The highest BCUT2D eigenvalue weighted by molar-refractivity contribution is 5.91. The summed E-state index contributed by atoms with van der Waals surface area (Å²) in [5.41, 5.74) is 1.60. The van der Waals surface area contributed by atoms with Gasteiger partial charge in [-0.1, -0.05) is 32.8 Å². The van der Waals surface area contributed by atoms with Crippen LogP contribution in [-0.4, -0.2) is 11.6 Å². The van der Waals surface area contributed by atoms with E-state index >= 15 is 0 Å². The maximum absolute atomic E-state index is 12.7. The van der Waals surface area contributed by atoms with Gasteiger partial charge in [-0.15, -0.1) is 0 Å². The number of carbonyl (C=O) groups excluding carboxylic acids is 2. The van der Waals surface area contributed by atoms with Crippen molar-refractivity contribution in [2.45, 2.75) is 72.1 Å². The molecule has 0 aliphatic heterocycles. The molecule has 4 aliphatic carbocycles. The maximum Gasteiger partial charge on any atom is 0.155 e. The predicted molar refractivity (Wildman–Crippen MR) is 90.9 cm³/mol. The van der Waals surface area contributed by atoms with Crippen molar-refractivity contribution in [3.8, 4) is 0 Å². The van der Waals surface area contributed by atoms with Gasteiger partial charge in [0.25, 0.3) is 0 Å². The van der Waals surface area contributed by atoms with E-state index in [0.29, 0.717) is 35.2 Å². The van der Waals surface area contributed by atoms with Gasteiger partial charge in [-0.25, -0.2) is 0 Å². The van der Waals surface area contributed by atoms with Crippen molar-refractivity contribution in [1.29, 1.82) is 0 Å². The largest absolute Gasteiger partial charge is 0.299 e. The zero-order valence-corrected chi connectivity index (χ0v) is 14.9. The van der Waals surface area contributed by atoms with Gasteiger partial charge in [-0.2, -0.15) is 0 Å². The van der Waals surface area contributed by atoms with E-state index in [0.717, 1.165) is 38.5 Å². The molecule has 4 aliphatic rings. The standard InChI is InChI=1S/C21H30O2/c1-4-13-11-18(23)21(3)10-8-17-16(19(13)21)6-5-14-12-15(22)7-9-20(14,17)2/h12-13,16-17,19H,4-11H2,1-3H3. The number of fused-ring (bicyclic) bond motifs is 5. The Morgan fingerprint density at radius 1 is 1.09 bits per heavy atom. The third kappa shape index (κ3) is 1.99. The molecule has 0 N–H and O–H groups in total. The minimum absolute atomic E-state index is 0.0517. The number of hydrogen-bond acceptors (Lipinski definition) is 2. The first kappa shape index (κ1) is 15.6. The van der Waals surface area contributed by atoms with Crippen molar-refractivity contribution in [2.24, 2.45) is 34.5 Å². The van der Waals surface area contributed by atoms with Crippen molar-refractivity contribution >= 4 is 11.6 Å². The molecule has 23 heavy (non-hydrogen) atoms. The average molecular weight is 314 g/mol. The molecule has 4 rings (SSSR count). The smallest absolute Gasteiger partial charge is 0.155 e.